The summed E-state index contributed by atoms with van der Waals surface area (Å²) in [7, 11) is 1.79. The number of carbonyl (C=O) groups excluding carboxylic acids is 1. The van der Waals surface area contributed by atoms with Gasteiger partial charge in [0.05, 0.1) is 0 Å². The zero-order valence-electron chi connectivity index (χ0n) is 21.9. The fourth-order valence-corrected chi connectivity index (χ4v) is 6.73. The first-order valence-electron chi connectivity index (χ1n) is 14.4. The summed E-state index contributed by atoms with van der Waals surface area (Å²) in [5, 5.41) is 0. The van der Waals surface area contributed by atoms with Crippen LogP contribution in [-0.4, -0.2) is 48.3 Å². The van der Waals surface area contributed by atoms with Gasteiger partial charge in [0, 0.05) is 38.1 Å². The molecule has 2 fully saturated rings. The second-order valence-electron chi connectivity index (χ2n) is 11.6. The Morgan fingerprint density at radius 3 is 2.66 bits per heavy atom. The van der Waals surface area contributed by atoms with Crippen LogP contribution in [0.3, 0.4) is 0 Å². The molecule has 6 heteroatoms. The van der Waals surface area contributed by atoms with Crippen LogP contribution in [0.2, 0.25) is 0 Å². The average Bonchev–Trinajstić information content (AvgIpc) is 3.46. The van der Waals surface area contributed by atoms with Crippen molar-refractivity contribution in [1.29, 1.82) is 0 Å². The largest absolute Gasteiger partial charge is 0.369 e. The summed E-state index contributed by atoms with van der Waals surface area (Å²) in [5.74, 6) is 2.91. The lowest BCUT2D eigenvalue weighted by Crippen LogP contribution is -2.44. The molecule has 0 aromatic carbocycles. The third-order valence-corrected chi connectivity index (χ3v) is 8.85. The van der Waals surface area contributed by atoms with Crippen molar-refractivity contribution >= 4 is 24.3 Å². The second kappa shape index (κ2) is 12.8. The fourth-order valence-electron chi connectivity index (χ4n) is 6.73. The van der Waals surface area contributed by atoms with Gasteiger partial charge in [0.25, 0.3) is 5.91 Å². The van der Waals surface area contributed by atoms with Gasteiger partial charge in [-0.1, -0.05) is 63.9 Å². The molecule has 1 amide bonds. The van der Waals surface area contributed by atoms with E-state index in [4.69, 9.17) is 15.7 Å². The lowest BCUT2D eigenvalue weighted by molar-refractivity contribution is -0.131. The number of unbranched alkanes of at least 4 members (excludes halogenated alkanes) is 2. The maximum absolute atomic E-state index is 13.3. The average molecular weight is 482 g/mol. The Bertz CT molecular complexity index is 800. The third-order valence-electron chi connectivity index (χ3n) is 8.85. The number of nitrogens with zero attached hydrogens (tertiary/aromatic N) is 4. The Kier molecular flexibility index (Phi) is 9.56. The first-order valence-corrected chi connectivity index (χ1v) is 14.4. The van der Waals surface area contributed by atoms with Gasteiger partial charge in [-0.25, -0.2) is 4.99 Å². The SMILES string of the molecule is CN1C(=O)[C@@](CCC2CCCCC2)(C[C@@H]2CCCC(C=NCCCCC[C@@H]3C=CN=C3)C2)N=C1N. The molecular formula is C29H47N5O. The summed E-state index contributed by atoms with van der Waals surface area (Å²) in [6, 6.07) is 0. The van der Waals surface area contributed by atoms with E-state index in [0.29, 0.717) is 23.7 Å². The van der Waals surface area contributed by atoms with E-state index in [2.05, 4.69) is 23.5 Å². The number of carbonyl (C=O) groups is 1. The molecule has 2 saturated carbocycles. The molecule has 0 saturated heterocycles. The van der Waals surface area contributed by atoms with Gasteiger partial charge in [-0.3, -0.25) is 19.7 Å². The molecule has 6 nitrogen and oxygen atoms in total. The number of allylic oxidation sites excluding steroid dienone is 1. The van der Waals surface area contributed by atoms with Crippen LogP contribution in [0.5, 0.6) is 0 Å². The minimum absolute atomic E-state index is 0.126. The Morgan fingerprint density at radius 2 is 1.91 bits per heavy atom. The van der Waals surface area contributed by atoms with E-state index in [-0.39, 0.29) is 5.91 Å². The van der Waals surface area contributed by atoms with Crippen molar-refractivity contribution in [2.75, 3.05) is 13.6 Å². The van der Waals surface area contributed by atoms with E-state index < -0.39 is 5.54 Å². The number of aliphatic imine (C=N–C) groups is 3. The van der Waals surface area contributed by atoms with Crippen LogP contribution in [0.15, 0.2) is 27.3 Å². The predicted octanol–water partition coefficient (Wildman–Crippen LogP) is 5.91. The van der Waals surface area contributed by atoms with Gasteiger partial charge in [0.2, 0.25) is 0 Å². The lowest BCUT2D eigenvalue weighted by Gasteiger charge is -2.34. The molecule has 1 unspecified atom stereocenters. The Balaban J connectivity index is 1.24. The van der Waals surface area contributed by atoms with E-state index >= 15 is 0 Å². The zero-order valence-corrected chi connectivity index (χ0v) is 21.9. The molecule has 2 N–H and O–H groups in total. The molecule has 2 heterocycles. The predicted molar refractivity (Wildman–Crippen MR) is 146 cm³/mol. The normalized spacial score (nSPS) is 31.7. The third kappa shape index (κ3) is 7.27. The molecule has 35 heavy (non-hydrogen) atoms. The van der Waals surface area contributed by atoms with Crippen LogP contribution >= 0.6 is 0 Å². The van der Waals surface area contributed by atoms with E-state index in [1.807, 2.05) is 6.20 Å². The maximum atomic E-state index is 13.3. The minimum Gasteiger partial charge on any atom is -0.369 e. The van der Waals surface area contributed by atoms with Gasteiger partial charge in [-0.15, -0.1) is 0 Å². The Morgan fingerprint density at radius 1 is 1.09 bits per heavy atom. The minimum atomic E-state index is -0.626. The first-order chi connectivity index (χ1) is 17.1. The molecule has 2 aliphatic carbocycles. The second-order valence-corrected chi connectivity index (χ2v) is 11.6. The summed E-state index contributed by atoms with van der Waals surface area (Å²) in [5.41, 5.74) is 5.53. The van der Waals surface area contributed by atoms with Crippen LogP contribution in [0, 0.1) is 23.7 Å². The van der Waals surface area contributed by atoms with Crippen molar-refractivity contribution in [1.82, 2.24) is 4.90 Å². The number of hydrogen-bond acceptors (Lipinski definition) is 5. The molecular weight excluding hydrogens is 434 g/mol. The van der Waals surface area contributed by atoms with Crippen molar-refractivity contribution in [3.05, 3.63) is 12.3 Å². The van der Waals surface area contributed by atoms with E-state index in [1.165, 1.54) is 77.0 Å². The number of hydrogen-bond donors (Lipinski definition) is 1. The Hall–Kier alpha value is -1.98. The van der Waals surface area contributed by atoms with E-state index in [0.717, 1.165) is 38.1 Å². The van der Waals surface area contributed by atoms with Crippen LogP contribution < -0.4 is 5.73 Å². The van der Waals surface area contributed by atoms with Crippen LogP contribution in [0.1, 0.15) is 103 Å². The monoisotopic (exact) mass is 481 g/mol. The van der Waals surface area contributed by atoms with Crippen molar-refractivity contribution in [3.8, 4) is 0 Å². The number of rotatable bonds is 12. The van der Waals surface area contributed by atoms with Crippen LogP contribution in [0.4, 0.5) is 0 Å². The summed E-state index contributed by atoms with van der Waals surface area (Å²) in [6.07, 6.45) is 27.5. The van der Waals surface area contributed by atoms with E-state index in [9.17, 15) is 4.79 Å². The first kappa shape index (κ1) is 26.1. The molecule has 4 rings (SSSR count). The van der Waals surface area contributed by atoms with Crippen molar-refractivity contribution in [2.24, 2.45) is 44.4 Å². The molecule has 0 spiro atoms. The lowest BCUT2D eigenvalue weighted by atomic mass is 9.73. The van der Waals surface area contributed by atoms with Gasteiger partial charge in [-0.2, -0.15) is 0 Å². The molecule has 0 bridgehead atoms. The van der Waals surface area contributed by atoms with Crippen LogP contribution in [0.25, 0.3) is 0 Å². The molecule has 2 aliphatic heterocycles. The summed E-state index contributed by atoms with van der Waals surface area (Å²) in [6.45, 7) is 0.936. The molecule has 4 atom stereocenters. The Labute approximate surface area is 212 Å². The molecule has 0 aromatic rings. The van der Waals surface area contributed by atoms with Gasteiger partial charge in [0.15, 0.2) is 5.96 Å². The topological polar surface area (TPSA) is 83.4 Å². The summed E-state index contributed by atoms with van der Waals surface area (Å²) < 4.78 is 0. The summed E-state index contributed by atoms with van der Waals surface area (Å²) >= 11 is 0. The fraction of sp³-hybridized carbons (Fsp3) is 0.793. The standard InChI is InChI=1S/C29H47N5O/c1-34-27(35)29(33-28(34)30,16-14-23-9-4-2-5-10-23)20-25-12-8-13-26(19-25)22-31-17-7-3-6-11-24-15-18-32-21-24/h15,18,21-26H,2-14,16-17,19-20H2,1H3,(H2,30,33)/t24-,25-,26?,29-/m1/s1. The van der Waals surface area contributed by atoms with Crippen molar-refractivity contribution < 1.29 is 4.79 Å². The number of amides is 1. The maximum Gasteiger partial charge on any atom is 0.257 e. The number of nitrogens with two attached hydrogens (primary N) is 1. The van der Waals surface area contributed by atoms with Crippen molar-refractivity contribution in [2.45, 2.75) is 108 Å². The zero-order chi connectivity index (χ0) is 24.5. The van der Waals surface area contributed by atoms with Gasteiger partial charge < -0.3 is 5.73 Å². The molecule has 194 valence electrons. The smallest absolute Gasteiger partial charge is 0.257 e. The quantitative estimate of drug-likeness (QED) is 0.277. The highest BCUT2D eigenvalue weighted by atomic mass is 16.2. The summed E-state index contributed by atoms with van der Waals surface area (Å²) in [4.78, 5) is 28.7. The van der Waals surface area contributed by atoms with Gasteiger partial charge in [-0.05, 0) is 62.7 Å². The highest BCUT2D eigenvalue weighted by Gasteiger charge is 2.47. The molecule has 4 aliphatic rings. The molecule has 0 radical (unpaired) electrons. The van der Waals surface area contributed by atoms with Crippen LogP contribution in [-0.2, 0) is 4.79 Å². The van der Waals surface area contributed by atoms with Crippen molar-refractivity contribution in [3.63, 3.8) is 0 Å². The highest BCUT2D eigenvalue weighted by Crippen LogP contribution is 2.41. The number of guanidine groups is 1. The molecule has 0 aromatic heterocycles. The van der Waals surface area contributed by atoms with Gasteiger partial charge >= 0.3 is 0 Å². The number of likely N-dealkylation sites (N-methyl/N-ethyl adjacent to an activating group) is 1. The van der Waals surface area contributed by atoms with Gasteiger partial charge in [0.1, 0.15) is 5.54 Å². The van der Waals surface area contributed by atoms with E-state index in [1.54, 1.807) is 11.9 Å². The highest BCUT2D eigenvalue weighted by molar-refractivity contribution is 6.06.